The van der Waals surface area contributed by atoms with Gasteiger partial charge >= 0.3 is 0 Å². The van der Waals surface area contributed by atoms with Crippen LogP contribution in [0.2, 0.25) is 0 Å². The van der Waals surface area contributed by atoms with Crippen molar-refractivity contribution >= 4 is 22.5 Å². The van der Waals surface area contributed by atoms with Crippen LogP contribution in [0, 0.1) is 0 Å². The van der Waals surface area contributed by atoms with E-state index >= 15 is 0 Å². The Morgan fingerprint density at radius 3 is 2.56 bits per heavy atom. The molecule has 2 aromatic heterocycles. The number of amides is 1. The highest BCUT2D eigenvalue weighted by Crippen LogP contribution is 2.19. The molecule has 136 valence electrons. The molecule has 0 aliphatic heterocycles. The molecule has 0 aliphatic rings. The van der Waals surface area contributed by atoms with Gasteiger partial charge in [0.1, 0.15) is 11.3 Å². The first kappa shape index (κ1) is 16.8. The molecule has 1 amide bonds. The van der Waals surface area contributed by atoms with Crippen molar-refractivity contribution in [1.29, 1.82) is 0 Å². The van der Waals surface area contributed by atoms with E-state index in [1.54, 1.807) is 47.6 Å². The van der Waals surface area contributed by atoms with Crippen LogP contribution in [-0.4, -0.2) is 34.2 Å². The molecule has 0 radical (unpaired) electrons. The number of ether oxygens (including phenoxy) is 1. The summed E-state index contributed by atoms with van der Waals surface area (Å²) in [5.41, 5.74) is 3.17. The van der Waals surface area contributed by atoms with E-state index in [1.807, 2.05) is 30.3 Å². The molecule has 0 saturated heterocycles. The lowest BCUT2D eigenvalue weighted by Crippen LogP contribution is -2.24. The molecule has 27 heavy (non-hydrogen) atoms. The van der Waals surface area contributed by atoms with Crippen LogP contribution in [0.15, 0.2) is 59.5 Å². The van der Waals surface area contributed by atoms with Crippen molar-refractivity contribution < 1.29 is 9.53 Å². The topological polar surface area (TPSA) is 77.6 Å². The molecule has 0 unspecified atom stereocenters. The highest BCUT2D eigenvalue weighted by atomic mass is 16.5. The molecule has 0 bridgehead atoms. The number of carbonyl (C=O) groups excluding carboxylic acids is 1. The Hall–Kier alpha value is -3.61. The van der Waals surface area contributed by atoms with Gasteiger partial charge in [0.25, 0.3) is 11.5 Å². The minimum atomic E-state index is -0.207. The zero-order valence-corrected chi connectivity index (χ0v) is 15.0. The smallest absolute Gasteiger partial charge is 0.277 e. The number of benzene rings is 2. The van der Waals surface area contributed by atoms with E-state index < -0.39 is 0 Å². The van der Waals surface area contributed by atoms with Gasteiger partial charge in [-0.1, -0.05) is 12.1 Å². The predicted octanol–water partition coefficient (Wildman–Crippen LogP) is 2.07. The van der Waals surface area contributed by atoms with Gasteiger partial charge in [-0.25, -0.2) is 4.52 Å². The number of nitrogens with one attached hydrogen (secondary N) is 1. The molecule has 2 aromatic carbocycles. The van der Waals surface area contributed by atoms with Crippen LogP contribution in [0.3, 0.4) is 0 Å². The minimum absolute atomic E-state index is 0.162. The average Bonchev–Trinajstić information content (AvgIpc) is 3.21. The van der Waals surface area contributed by atoms with Crippen molar-refractivity contribution in [3.63, 3.8) is 0 Å². The summed E-state index contributed by atoms with van der Waals surface area (Å²) >= 11 is 0. The summed E-state index contributed by atoms with van der Waals surface area (Å²) < 4.78 is 8.46. The minimum Gasteiger partial charge on any atom is -0.497 e. The molecule has 4 aromatic rings. The second kappa shape index (κ2) is 6.60. The molecule has 2 heterocycles. The fraction of sp³-hybridized carbons (Fsp3) is 0.150. The van der Waals surface area contributed by atoms with Crippen molar-refractivity contribution in [2.45, 2.75) is 6.54 Å². The monoisotopic (exact) mass is 362 g/mol. The Balaban J connectivity index is 1.95. The molecule has 0 aliphatic carbocycles. The molecule has 0 atom stereocenters. The molecule has 7 nitrogen and oxygen atoms in total. The zero-order valence-electron chi connectivity index (χ0n) is 15.0. The third kappa shape index (κ3) is 2.83. The van der Waals surface area contributed by atoms with Crippen molar-refractivity contribution in [3.05, 3.63) is 76.2 Å². The van der Waals surface area contributed by atoms with E-state index in [0.29, 0.717) is 23.1 Å². The van der Waals surface area contributed by atoms with Gasteiger partial charge in [0.2, 0.25) is 0 Å². The maximum Gasteiger partial charge on any atom is 0.277 e. The predicted molar refractivity (Wildman–Crippen MR) is 102 cm³/mol. The normalized spacial score (nSPS) is 11.0. The van der Waals surface area contributed by atoms with Crippen LogP contribution >= 0.6 is 0 Å². The van der Waals surface area contributed by atoms with Crippen LogP contribution in [-0.2, 0) is 6.54 Å². The molecule has 0 fully saturated rings. The summed E-state index contributed by atoms with van der Waals surface area (Å²) in [5.74, 6) is 0.546. The summed E-state index contributed by atoms with van der Waals surface area (Å²) in [6, 6.07) is 14.5. The number of hydrogen-bond acceptors (Lipinski definition) is 4. The van der Waals surface area contributed by atoms with E-state index in [9.17, 15) is 9.59 Å². The highest BCUT2D eigenvalue weighted by Gasteiger charge is 2.14. The molecule has 4 rings (SSSR count). The van der Waals surface area contributed by atoms with Gasteiger partial charge in [0.15, 0.2) is 0 Å². The summed E-state index contributed by atoms with van der Waals surface area (Å²) in [6.07, 6.45) is 1.60. The van der Waals surface area contributed by atoms with Gasteiger partial charge in [-0.05, 0) is 42.0 Å². The number of fused-ring (bicyclic) bond motifs is 3. The van der Waals surface area contributed by atoms with Crippen molar-refractivity contribution in [3.8, 4) is 5.75 Å². The molecule has 7 heteroatoms. The number of aromatic nitrogens is 3. The number of rotatable bonds is 4. The van der Waals surface area contributed by atoms with Crippen LogP contribution in [0.1, 0.15) is 15.9 Å². The van der Waals surface area contributed by atoms with E-state index in [2.05, 4.69) is 10.4 Å². The number of carbonyl (C=O) groups is 1. The van der Waals surface area contributed by atoms with Gasteiger partial charge in [-0.3, -0.25) is 9.59 Å². The second-order valence-corrected chi connectivity index (χ2v) is 6.15. The van der Waals surface area contributed by atoms with E-state index in [1.165, 1.54) is 0 Å². The molecular weight excluding hydrogens is 344 g/mol. The van der Waals surface area contributed by atoms with Crippen LogP contribution in [0.5, 0.6) is 5.75 Å². The third-order valence-corrected chi connectivity index (χ3v) is 4.59. The van der Waals surface area contributed by atoms with Crippen LogP contribution in [0.25, 0.3) is 16.6 Å². The standard InChI is InChI=1S/C20H18N4O3/c1-21-19(25)14-5-8-16-18(11-14)23(20(26)17-9-10-22-24(16)17)12-13-3-6-15(27-2)7-4-13/h3-11H,12H2,1-2H3,(H,21,25). The van der Waals surface area contributed by atoms with E-state index in [0.717, 1.165) is 16.8 Å². The average molecular weight is 362 g/mol. The number of hydrogen-bond donors (Lipinski definition) is 1. The quantitative estimate of drug-likeness (QED) is 0.603. The SMILES string of the molecule is CNC(=O)c1ccc2c(c1)n(Cc1ccc(OC)cc1)c(=O)c1ccnn12. The highest BCUT2D eigenvalue weighted by molar-refractivity contribution is 5.97. The van der Waals surface area contributed by atoms with E-state index in [-0.39, 0.29) is 11.5 Å². The van der Waals surface area contributed by atoms with E-state index in [4.69, 9.17) is 4.74 Å². The fourth-order valence-electron chi connectivity index (χ4n) is 3.18. The Kier molecular flexibility index (Phi) is 4.12. The van der Waals surface area contributed by atoms with Gasteiger partial charge in [-0.2, -0.15) is 5.10 Å². The van der Waals surface area contributed by atoms with Gasteiger partial charge in [0, 0.05) is 12.6 Å². The van der Waals surface area contributed by atoms with Gasteiger partial charge in [0.05, 0.1) is 30.9 Å². The van der Waals surface area contributed by atoms with Crippen molar-refractivity contribution in [2.24, 2.45) is 0 Å². The number of methoxy groups -OCH3 is 1. The molecular formula is C20H18N4O3. The van der Waals surface area contributed by atoms with Crippen molar-refractivity contribution in [1.82, 2.24) is 19.5 Å². The Morgan fingerprint density at radius 2 is 1.85 bits per heavy atom. The summed E-state index contributed by atoms with van der Waals surface area (Å²) in [5, 5.41) is 6.87. The Labute approximate surface area is 154 Å². The largest absolute Gasteiger partial charge is 0.497 e. The lowest BCUT2D eigenvalue weighted by Gasteiger charge is -2.13. The summed E-state index contributed by atoms with van der Waals surface area (Å²) in [4.78, 5) is 25.1. The molecule has 1 N–H and O–H groups in total. The first-order valence-electron chi connectivity index (χ1n) is 8.47. The first-order chi connectivity index (χ1) is 13.1. The molecule has 0 saturated carbocycles. The van der Waals surface area contributed by atoms with Crippen molar-refractivity contribution in [2.75, 3.05) is 14.2 Å². The lowest BCUT2D eigenvalue weighted by molar-refractivity contribution is 0.0963. The zero-order chi connectivity index (χ0) is 19.0. The first-order valence-corrected chi connectivity index (χ1v) is 8.47. The molecule has 0 spiro atoms. The maximum absolute atomic E-state index is 13.1. The number of nitrogens with zero attached hydrogens (tertiary/aromatic N) is 3. The third-order valence-electron chi connectivity index (χ3n) is 4.59. The van der Waals surface area contributed by atoms with Gasteiger partial charge in [-0.15, -0.1) is 0 Å². The van der Waals surface area contributed by atoms with Gasteiger partial charge < -0.3 is 14.6 Å². The summed E-state index contributed by atoms with van der Waals surface area (Å²) in [6.45, 7) is 0.373. The van der Waals surface area contributed by atoms with Crippen LogP contribution < -0.4 is 15.6 Å². The second-order valence-electron chi connectivity index (χ2n) is 6.15. The van der Waals surface area contributed by atoms with Crippen LogP contribution in [0.4, 0.5) is 0 Å². The Bertz CT molecular complexity index is 1210. The summed E-state index contributed by atoms with van der Waals surface area (Å²) in [7, 11) is 3.19. The Morgan fingerprint density at radius 1 is 1.07 bits per heavy atom. The fourth-order valence-corrected chi connectivity index (χ4v) is 3.18. The maximum atomic E-state index is 13.1. The lowest BCUT2D eigenvalue weighted by atomic mass is 10.1.